The molecule has 0 saturated carbocycles. The number of ether oxygens (including phenoxy) is 4. The minimum Gasteiger partial charge on any atom is -0.497 e. The smallest absolute Gasteiger partial charge is 0.337 e. The molecule has 0 amide bonds. The second kappa shape index (κ2) is 7.11. The zero-order valence-electron chi connectivity index (χ0n) is 16.4. The van der Waals surface area contributed by atoms with E-state index >= 15 is 0 Å². The molecule has 0 spiro atoms. The first-order valence-corrected chi connectivity index (χ1v) is 9.21. The van der Waals surface area contributed by atoms with Gasteiger partial charge >= 0.3 is 5.97 Å². The Labute approximate surface area is 164 Å². The molecule has 146 valence electrons. The molecule has 1 N–H and O–H groups in total. The summed E-state index contributed by atoms with van der Waals surface area (Å²) in [5.74, 6) is 1.53. The first kappa shape index (κ1) is 18.2. The summed E-state index contributed by atoms with van der Waals surface area (Å²) in [7, 11) is 3.22. The van der Waals surface area contributed by atoms with E-state index in [4.69, 9.17) is 18.9 Å². The number of hydrogen-bond donors (Lipinski definition) is 1. The van der Waals surface area contributed by atoms with E-state index in [9.17, 15) is 4.79 Å². The number of anilines is 1. The standard InChI is InChI=1S/C22H23NO5/c1-12(2)28-14-5-6-17-18(10-14)23-19-11-27-22(24)21(19)20(17)13-7-15(25-3)9-16(8-13)26-4/h5-10,12,20,23H,11H2,1-4H3. The summed E-state index contributed by atoms with van der Waals surface area (Å²) in [6, 6.07) is 11.6. The number of rotatable bonds is 5. The normalized spacial score (nSPS) is 17.6. The molecule has 0 saturated heterocycles. The Hall–Kier alpha value is -3.15. The van der Waals surface area contributed by atoms with Gasteiger partial charge in [0, 0.05) is 23.7 Å². The summed E-state index contributed by atoms with van der Waals surface area (Å²) in [6.07, 6.45) is 0.0752. The molecule has 2 aromatic rings. The maximum Gasteiger partial charge on any atom is 0.337 e. The third-order valence-electron chi connectivity index (χ3n) is 4.88. The van der Waals surface area contributed by atoms with E-state index in [0.717, 1.165) is 28.3 Å². The minimum atomic E-state index is -0.303. The van der Waals surface area contributed by atoms with Crippen molar-refractivity contribution < 1.29 is 23.7 Å². The maximum absolute atomic E-state index is 12.5. The Morgan fingerprint density at radius 2 is 1.75 bits per heavy atom. The van der Waals surface area contributed by atoms with Crippen molar-refractivity contribution in [3.8, 4) is 17.2 Å². The van der Waals surface area contributed by atoms with E-state index in [1.54, 1.807) is 14.2 Å². The Morgan fingerprint density at radius 3 is 2.39 bits per heavy atom. The summed E-state index contributed by atoms with van der Waals surface area (Å²) < 4.78 is 22.0. The number of carbonyl (C=O) groups excluding carboxylic acids is 1. The quantitative estimate of drug-likeness (QED) is 0.794. The van der Waals surface area contributed by atoms with Crippen LogP contribution in [-0.2, 0) is 9.53 Å². The topological polar surface area (TPSA) is 66.0 Å². The number of fused-ring (bicyclic) bond motifs is 1. The number of esters is 1. The molecule has 2 heterocycles. The molecule has 0 aromatic heterocycles. The average Bonchev–Trinajstić information content (AvgIpc) is 3.05. The van der Waals surface area contributed by atoms with Crippen LogP contribution in [0.25, 0.3) is 0 Å². The number of benzene rings is 2. The number of methoxy groups -OCH3 is 2. The summed E-state index contributed by atoms with van der Waals surface area (Å²) in [5.41, 5.74) is 4.19. The van der Waals surface area contributed by atoms with Gasteiger partial charge in [-0.3, -0.25) is 0 Å². The summed E-state index contributed by atoms with van der Waals surface area (Å²) in [6.45, 7) is 4.21. The van der Waals surface area contributed by atoms with Gasteiger partial charge in [0.05, 0.1) is 31.6 Å². The van der Waals surface area contributed by atoms with Gasteiger partial charge in [0.15, 0.2) is 0 Å². The molecule has 0 bridgehead atoms. The highest BCUT2D eigenvalue weighted by Gasteiger charge is 2.38. The molecule has 1 unspecified atom stereocenters. The molecule has 4 rings (SSSR count). The van der Waals surface area contributed by atoms with Gasteiger partial charge in [0.25, 0.3) is 0 Å². The van der Waals surface area contributed by atoms with Gasteiger partial charge in [0.1, 0.15) is 23.9 Å². The number of nitrogens with one attached hydrogen (secondary N) is 1. The third-order valence-corrected chi connectivity index (χ3v) is 4.88. The van der Waals surface area contributed by atoms with Crippen LogP contribution in [0.5, 0.6) is 17.2 Å². The van der Waals surface area contributed by atoms with E-state index < -0.39 is 0 Å². The lowest BCUT2D eigenvalue weighted by Gasteiger charge is -2.28. The highest BCUT2D eigenvalue weighted by molar-refractivity contribution is 5.97. The highest BCUT2D eigenvalue weighted by atomic mass is 16.5. The molecule has 1 atom stereocenters. The van der Waals surface area contributed by atoms with Crippen molar-refractivity contribution in [2.24, 2.45) is 0 Å². The van der Waals surface area contributed by atoms with Crippen molar-refractivity contribution in [3.05, 3.63) is 58.8 Å². The van der Waals surface area contributed by atoms with Crippen molar-refractivity contribution in [2.75, 3.05) is 26.1 Å². The fourth-order valence-corrected chi connectivity index (χ4v) is 3.71. The van der Waals surface area contributed by atoms with Gasteiger partial charge in [-0.05, 0) is 43.2 Å². The first-order valence-electron chi connectivity index (χ1n) is 9.21. The largest absolute Gasteiger partial charge is 0.497 e. The maximum atomic E-state index is 12.5. The van der Waals surface area contributed by atoms with Crippen LogP contribution in [0.4, 0.5) is 5.69 Å². The van der Waals surface area contributed by atoms with Gasteiger partial charge in [-0.25, -0.2) is 4.79 Å². The van der Waals surface area contributed by atoms with Gasteiger partial charge in [-0.15, -0.1) is 0 Å². The van der Waals surface area contributed by atoms with Crippen LogP contribution in [-0.4, -0.2) is 32.9 Å². The van der Waals surface area contributed by atoms with E-state index in [1.807, 2.05) is 50.2 Å². The Morgan fingerprint density at radius 1 is 1.04 bits per heavy atom. The second-order valence-electron chi connectivity index (χ2n) is 7.09. The predicted octanol–water partition coefficient (Wildman–Crippen LogP) is 3.86. The van der Waals surface area contributed by atoms with Crippen LogP contribution in [0.1, 0.15) is 30.9 Å². The lowest BCUT2D eigenvalue weighted by atomic mass is 9.81. The van der Waals surface area contributed by atoms with Crippen molar-refractivity contribution in [3.63, 3.8) is 0 Å². The lowest BCUT2D eigenvalue weighted by molar-refractivity contribution is -0.136. The van der Waals surface area contributed by atoms with Crippen LogP contribution in [0.15, 0.2) is 47.7 Å². The molecule has 2 aliphatic rings. The fourth-order valence-electron chi connectivity index (χ4n) is 3.71. The molecule has 28 heavy (non-hydrogen) atoms. The SMILES string of the molecule is COc1cc(OC)cc(C2C3=C(COC3=O)Nc3cc(OC(C)C)ccc32)c1. The van der Waals surface area contributed by atoms with Crippen LogP contribution >= 0.6 is 0 Å². The second-order valence-corrected chi connectivity index (χ2v) is 7.09. The van der Waals surface area contributed by atoms with Crippen LogP contribution in [0.3, 0.4) is 0 Å². The monoisotopic (exact) mass is 381 g/mol. The highest BCUT2D eigenvalue weighted by Crippen LogP contribution is 2.46. The first-order chi connectivity index (χ1) is 13.5. The van der Waals surface area contributed by atoms with Crippen LogP contribution in [0, 0.1) is 0 Å². The van der Waals surface area contributed by atoms with E-state index in [1.165, 1.54) is 0 Å². The average molecular weight is 381 g/mol. The van der Waals surface area contributed by atoms with Gasteiger partial charge < -0.3 is 24.3 Å². The molecule has 0 aliphatic carbocycles. The predicted molar refractivity (Wildman–Crippen MR) is 105 cm³/mol. The third kappa shape index (κ3) is 3.15. The zero-order chi connectivity index (χ0) is 19.8. The molecule has 2 aromatic carbocycles. The van der Waals surface area contributed by atoms with E-state index in [0.29, 0.717) is 17.1 Å². The minimum absolute atomic E-state index is 0.0752. The van der Waals surface area contributed by atoms with Crippen molar-refractivity contribution in [2.45, 2.75) is 25.9 Å². The molecule has 2 aliphatic heterocycles. The molecular formula is C22H23NO5. The Kier molecular flexibility index (Phi) is 4.63. The zero-order valence-corrected chi connectivity index (χ0v) is 16.4. The van der Waals surface area contributed by atoms with Crippen LogP contribution < -0.4 is 19.5 Å². The number of hydrogen-bond acceptors (Lipinski definition) is 6. The summed E-state index contributed by atoms with van der Waals surface area (Å²) in [4.78, 5) is 12.5. The summed E-state index contributed by atoms with van der Waals surface area (Å²) >= 11 is 0. The fraction of sp³-hybridized carbons (Fsp3) is 0.318. The molecule has 0 fully saturated rings. The van der Waals surface area contributed by atoms with Gasteiger partial charge in [0.2, 0.25) is 0 Å². The molecular weight excluding hydrogens is 358 g/mol. The summed E-state index contributed by atoms with van der Waals surface area (Å²) in [5, 5.41) is 3.35. The Bertz CT molecular complexity index is 941. The van der Waals surface area contributed by atoms with Crippen molar-refractivity contribution in [1.29, 1.82) is 0 Å². The van der Waals surface area contributed by atoms with E-state index in [2.05, 4.69) is 5.32 Å². The van der Waals surface area contributed by atoms with E-state index in [-0.39, 0.29) is 24.6 Å². The number of carbonyl (C=O) groups is 1. The Balaban J connectivity index is 1.87. The molecule has 6 nitrogen and oxygen atoms in total. The number of cyclic esters (lactones) is 1. The van der Waals surface area contributed by atoms with Gasteiger partial charge in [-0.2, -0.15) is 0 Å². The lowest BCUT2D eigenvalue weighted by Crippen LogP contribution is -2.20. The van der Waals surface area contributed by atoms with Crippen molar-refractivity contribution >= 4 is 11.7 Å². The molecule has 6 heteroatoms. The molecule has 0 radical (unpaired) electrons. The van der Waals surface area contributed by atoms with Crippen molar-refractivity contribution in [1.82, 2.24) is 0 Å². The van der Waals surface area contributed by atoms with Crippen LogP contribution in [0.2, 0.25) is 0 Å². The van der Waals surface area contributed by atoms with Gasteiger partial charge in [-0.1, -0.05) is 6.07 Å².